The Labute approximate surface area is 211 Å². The van der Waals surface area contributed by atoms with Crippen LogP contribution >= 0.6 is 0 Å². The number of methoxy groups -OCH3 is 2. The maximum absolute atomic E-state index is 12.9. The van der Waals surface area contributed by atoms with Crippen molar-refractivity contribution in [3.05, 3.63) is 54.6 Å². The van der Waals surface area contributed by atoms with E-state index in [4.69, 9.17) is 18.9 Å². The Bertz CT molecular complexity index is 1150. The Balaban J connectivity index is 1.31. The van der Waals surface area contributed by atoms with Gasteiger partial charge in [-0.3, -0.25) is 4.79 Å². The molecule has 1 aliphatic rings. The lowest BCUT2D eigenvalue weighted by Crippen LogP contribution is -2.52. The Morgan fingerprint density at radius 2 is 1.58 bits per heavy atom. The zero-order chi connectivity index (χ0) is 25.5. The first-order valence-electron chi connectivity index (χ1n) is 12.0. The molecule has 1 fully saturated rings. The molecule has 36 heavy (non-hydrogen) atoms. The molecule has 2 aromatic carbocycles. The number of aromatic nitrogens is 2. The van der Waals surface area contributed by atoms with Crippen molar-refractivity contribution in [1.29, 1.82) is 0 Å². The van der Waals surface area contributed by atoms with Crippen molar-refractivity contribution in [2.45, 2.75) is 20.0 Å². The molecule has 9 nitrogen and oxygen atoms in total. The molecule has 0 aliphatic carbocycles. The van der Waals surface area contributed by atoms with E-state index in [9.17, 15) is 4.79 Å². The van der Waals surface area contributed by atoms with Crippen LogP contribution in [0.5, 0.6) is 23.0 Å². The number of hydrogen-bond donors (Lipinski definition) is 0. The summed E-state index contributed by atoms with van der Waals surface area (Å²) in [4.78, 5) is 16.9. The molecule has 1 amide bonds. The van der Waals surface area contributed by atoms with Crippen LogP contribution < -0.4 is 23.8 Å². The Morgan fingerprint density at radius 3 is 2.19 bits per heavy atom. The summed E-state index contributed by atoms with van der Waals surface area (Å²) in [5, 5.41) is 8.83. The van der Waals surface area contributed by atoms with Crippen LogP contribution in [-0.2, 0) is 4.79 Å². The van der Waals surface area contributed by atoms with E-state index in [0.29, 0.717) is 50.0 Å². The van der Waals surface area contributed by atoms with Crippen molar-refractivity contribution >= 4 is 11.7 Å². The second kappa shape index (κ2) is 11.6. The monoisotopic (exact) mass is 492 g/mol. The fourth-order valence-corrected chi connectivity index (χ4v) is 4.09. The lowest BCUT2D eigenvalue weighted by atomic mass is 10.1. The smallest absolute Gasteiger partial charge is 0.263 e. The normalized spacial score (nSPS) is 14.2. The zero-order valence-corrected chi connectivity index (χ0v) is 21.1. The van der Waals surface area contributed by atoms with Crippen LogP contribution in [-0.4, -0.2) is 74.1 Å². The second-order valence-electron chi connectivity index (χ2n) is 8.32. The number of hydrogen-bond acceptors (Lipinski definition) is 8. The second-order valence-corrected chi connectivity index (χ2v) is 8.32. The first-order chi connectivity index (χ1) is 17.5. The summed E-state index contributed by atoms with van der Waals surface area (Å²) in [6.07, 6.45) is -0.574. The van der Waals surface area contributed by atoms with Crippen molar-refractivity contribution in [3.8, 4) is 34.3 Å². The van der Waals surface area contributed by atoms with E-state index in [-0.39, 0.29) is 5.91 Å². The molecule has 1 atom stereocenters. The van der Waals surface area contributed by atoms with Gasteiger partial charge in [0.25, 0.3) is 5.91 Å². The molecule has 4 rings (SSSR count). The molecule has 0 N–H and O–H groups in total. The van der Waals surface area contributed by atoms with Crippen LogP contribution in [0, 0.1) is 0 Å². The third-order valence-electron chi connectivity index (χ3n) is 6.04. The van der Waals surface area contributed by atoms with Gasteiger partial charge in [0.2, 0.25) is 0 Å². The van der Waals surface area contributed by atoms with Crippen LogP contribution in [0.4, 0.5) is 5.82 Å². The number of carbonyl (C=O) groups excluding carboxylic acids is 1. The van der Waals surface area contributed by atoms with Crippen LogP contribution in [0.25, 0.3) is 11.3 Å². The van der Waals surface area contributed by atoms with Crippen molar-refractivity contribution in [2.75, 3.05) is 51.9 Å². The van der Waals surface area contributed by atoms with Crippen molar-refractivity contribution in [1.82, 2.24) is 15.1 Å². The molecular weight excluding hydrogens is 460 g/mol. The molecule has 3 aromatic rings. The van der Waals surface area contributed by atoms with Gasteiger partial charge in [-0.1, -0.05) is 0 Å². The van der Waals surface area contributed by atoms with Crippen LogP contribution in [0.3, 0.4) is 0 Å². The van der Waals surface area contributed by atoms with Gasteiger partial charge in [0, 0.05) is 31.7 Å². The molecule has 1 aliphatic heterocycles. The first-order valence-corrected chi connectivity index (χ1v) is 12.0. The topological polar surface area (TPSA) is 86.3 Å². The summed E-state index contributed by atoms with van der Waals surface area (Å²) in [6, 6.07) is 16.9. The molecule has 0 radical (unpaired) electrons. The molecule has 0 saturated carbocycles. The van der Waals surface area contributed by atoms with E-state index in [1.165, 1.54) is 0 Å². The highest BCUT2D eigenvalue weighted by atomic mass is 16.5. The highest BCUT2D eigenvalue weighted by molar-refractivity contribution is 5.81. The van der Waals surface area contributed by atoms with E-state index >= 15 is 0 Å². The van der Waals surface area contributed by atoms with Gasteiger partial charge in [-0.2, -0.15) is 0 Å². The number of anilines is 1. The average molecular weight is 493 g/mol. The van der Waals surface area contributed by atoms with Gasteiger partial charge in [-0.05, 0) is 68.4 Å². The van der Waals surface area contributed by atoms with Gasteiger partial charge in [0.05, 0.1) is 26.5 Å². The third-order valence-corrected chi connectivity index (χ3v) is 6.04. The van der Waals surface area contributed by atoms with E-state index < -0.39 is 6.10 Å². The quantitative estimate of drug-likeness (QED) is 0.447. The third kappa shape index (κ3) is 5.79. The van der Waals surface area contributed by atoms with Crippen LogP contribution in [0.2, 0.25) is 0 Å². The molecule has 0 bridgehead atoms. The van der Waals surface area contributed by atoms with E-state index in [0.717, 1.165) is 22.8 Å². The van der Waals surface area contributed by atoms with E-state index in [1.54, 1.807) is 21.1 Å². The predicted octanol–water partition coefficient (Wildman–Crippen LogP) is 3.68. The van der Waals surface area contributed by atoms with Crippen LogP contribution in [0.15, 0.2) is 54.6 Å². The summed E-state index contributed by atoms with van der Waals surface area (Å²) in [5.41, 5.74) is 1.64. The molecule has 1 aromatic heterocycles. The fourth-order valence-electron chi connectivity index (χ4n) is 4.09. The minimum Gasteiger partial charge on any atom is -0.494 e. The molecule has 2 heterocycles. The number of rotatable bonds is 9. The minimum absolute atomic E-state index is 0.0292. The zero-order valence-electron chi connectivity index (χ0n) is 21.1. The SMILES string of the molecule is CCOc1ccc(OC(C)C(=O)N2CCN(c3ccc(-c4ccc(OC)c(OC)c4)nn3)CC2)cc1. The summed E-state index contributed by atoms with van der Waals surface area (Å²) >= 11 is 0. The Hall–Kier alpha value is -4.01. The molecule has 190 valence electrons. The largest absolute Gasteiger partial charge is 0.494 e. The van der Waals surface area contributed by atoms with Gasteiger partial charge < -0.3 is 28.7 Å². The molecule has 1 unspecified atom stereocenters. The van der Waals surface area contributed by atoms with Crippen molar-refractivity contribution in [3.63, 3.8) is 0 Å². The molecular formula is C27H32N4O5. The maximum atomic E-state index is 12.9. The van der Waals surface area contributed by atoms with Gasteiger partial charge >= 0.3 is 0 Å². The minimum atomic E-state index is -0.574. The number of benzene rings is 2. The van der Waals surface area contributed by atoms with E-state index in [1.807, 2.05) is 66.4 Å². The Kier molecular flexibility index (Phi) is 8.10. The van der Waals surface area contributed by atoms with Crippen molar-refractivity contribution in [2.24, 2.45) is 0 Å². The standard InChI is InChI=1S/C27H32N4O5/c1-5-35-21-7-9-22(10-8-21)36-19(2)27(32)31-16-14-30(15-17-31)26-13-11-23(28-29-26)20-6-12-24(33-3)25(18-20)34-4/h6-13,18-19H,5,14-17H2,1-4H3. The molecule has 1 saturated heterocycles. The maximum Gasteiger partial charge on any atom is 0.263 e. The molecule has 0 spiro atoms. The van der Waals surface area contributed by atoms with Gasteiger partial charge in [0.1, 0.15) is 11.5 Å². The summed E-state index contributed by atoms with van der Waals surface area (Å²) in [6.45, 7) is 6.85. The van der Waals surface area contributed by atoms with Crippen LogP contribution in [0.1, 0.15) is 13.8 Å². The molecule has 9 heteroatoms. The summed E-state index contributed by atoms with van der Waals surface area (Å²) in [5.74, 6) is 3.48. The fraction of sp³-hybridized carbons (Fsp3) is 0.370. The van der Waals surface area contributed by atoms with Gasteiger partial charge in [0.15, 0.2) is 23.4 Å². The first kappa shape index (κ1) is 25.1. The van der Waals surface area contributed by atoms with Gasteiger partial charge in [-0.25, -0.2) is 0 Å². The average Bonchev–Trinajstić information content (AvgIpc) is 2.93. The highest BCUT2D eigenvalue weighted by Crippen LogP contribution is 2.31. The van der Waals surface area contributed by atoms with Crippen molar-refractivity contribution < 1.29 is 23.7 Å². The number of carbonyl (C=O) groups is 1. The highest BCUT2D eigenvalue weighted by Gasteiger charge is 2.26. The lowest BCUT2D eigenvalue weighted by molar-refractivity contribution is -0.138. The summed E-state index contributed by atoms with van der Waals surface area (Å²) < 4.78 is 22.0. The summed E-state index contributed by atoms with van der Waals surface area (Å²) in [7, 11) is 3.21. The number of amides is 1. The van der Waals surface area contributed by atoms with Gasteiger partial charge in [-0.15, -0.1) is 10.2 Å². The number of piperazine rings is 1. The number of nitrogens with zero attached hydrogens (tertiary/aromatic N) is 4. The Morgan fingerprint density at radius 1 is 0.889 bits per heavy atom. The lowest BCUT2D eigenvalue weighted by Gasteiger charge is -2.36. The predicted molar refractivity (Wildman–Crippen MR) is 137 cm³/mol. The number of ether oxygens (including phenoxy) is 4. The van der Waals surface area contributed by atoms with E-state index in [2.05, 4.69) is 15.1 Å².